The molecule has 1 amide bonds. The van der Waals surface area contributed by atoms with E-state index in [-0.39, 0.29) is 23.5 Å². The largest absolute Gasteiger partial charge is 0.469 e. The van der Waals surface area contributed by atoms with E-state index in [1.54, 1.807) is 14.0 Å². The molecule has 0 aliphatic rings. The first-order valence-corrected chi connectivity index (χ1v) is 6.15. The van der Waals surface area contributed by atoms with Crippen molar-refractivity contribution >= 4 is 23.3 Å². The smallest absolute Gasteiger partial charge is 0.310 e. The molecule has 0 radical (unpaired) electrons. The summed E-state index contributed by atoms with van der Waals surface area (Å²) in [6.45, 7) is 1.85. The van der Waals surface area contributed by atoms with Gasteiger partial charge >= 0.3 is 5.97 Å². The van der Waals surface area contributed by atoms with E-state index in [1.807, 2.05) is 0 Å². The second-order valence-corrected chi connectivity index (χ2v) is 4.63. The number of ether oxygens (including phenoxy) is 1. The average molecular weight is 295 g/mol. The Morgan fingerprint density at radius 2 is 2.10 bits per heavy atom. The number of carbonyl (C=O) groups is 2. The van der Waals surface area contributed by atoms with Gasteiger partial charge in [0.1, 0.15) is 5.69 Å². The van der Waals surface area contributed by atoms with E-state index in [4.69, 9.17) is 5.73 Å². The summed E-state index contributed by atoms with van der Waals surface area (Å²) in [6.07, 6.45) is 0. The number of carbonyl (C=O) groups excluding carboxylic acids is 2. The second-order valence-electron chi connectivity index (χ2n) is 4.63. The molecular formula is C13H17N3O5. The topological polar surface area (TPSA) is 116 Å². The summed E-state index contributed by atoms with van der Waals surface area (Å²) < 4.78 is 4.61. The number of hydrogen-bond donors (Lipinski definition) is 1. The van der Waals surface area contributed by atoms with Gasteiger partial charge in [0, 0.05) is 25.2 Å². The Hall–Kier alpha value is -2.64. The molecule has 114 valence electrons. The molecule has 1 aromatic carbocycles. The van der Waals surface area contributed by atoms with Gasteiger partial charge in [0.25, 0.3) is 5.69 Å². The van der Waals surface area contributed by atoms with Crippen molar-refractivity contribution in [1.82, 2.24) is 0 Å². The quantitative estimate of drug-likeness (QED) is 0.474. The lowest BCUT2D eigenvalue weighted by Gasteiger charge is -2.22. The van der Waals surface area contributed by atoms with Crippen molar-refractivity contribution in [3.05, 3.63) is 33.9 Å². The Morgan fingerprint density at radius 1 is 1.48 bits per heavy atom. The summed E-state index contributed by atoms with van der Waals surface area (Å²) in [4.78, 5) is 34.6. The third kappa shape index (κ3) is 3.91. The Balaban J connectivity index is 3.13. The lowest BCUT2D eigenvalue weighted by molar-refractivity contribution is -0.384. The number of primary amides is 1. The minimum Gasteiger partial charge on any atom is -0.469 e. The fourth-order valence-corrected chi connectivity index (χ4v) is 1.92. The fraction of sp³-hybridized carbons (Fsp3) is 0.385. The number of esters is 1. The average Bonchev–Trinajstić information content (AvgIpc) is 2.45. The number of nitrogens with zero attached hydrogens (tertiary/aromatic N) is 2. The van der Waals surface area contributed by atoms with Crippen molar-refractivity contribution < 1.29 is 19.2 Å². The van der Waals surface area contributed by atoms with Crippen molar-refractivity contribution in [3.63, 3.8) is 0 Å². The van der Waals surface area contributed by atoms with E-state index < -0.39 is 22.7 Å². The molecule has 0 aliphatic carbocycles. The van der Waals surface area contributed by atoms with Crippen LogP contribution in [0.25, 0.3) is 0 Å². The molecular weight excluding hydrogens is 278 g/mol. The number of rotatable bonds is 6. The lowest BCUT2D eigenvalue weighted by Crippen LogP contribution is -2.30. The van der Waals surface area contributed by atoms with Crippen LogP contribution in [0.2, 0.25) is 0 Å². The summed E-state index contributed by atoms with van der Waals surface area (Å²) in [5.74, 6) is -1.58. The molecule has 0 bridgehead atoms. The number of nitrogens with two attached hydrogens (primary N) is 1. The van der Waals surface area contributed by atoms with Gasteiger partial charge in [-0.2, -0.15) is 0 Å². The molecule has 8 nitrogen and oxygen atoms in total. The first-order chi connectivity index (χ1) is 9.77. The summed E-state index contributed by atoms with van der Waals surface area (Å²) in [5.41, 5.74) is 5.39. The number of nitro benzene ring substituents is 1. The molecule has 8 heteroatoms. The van der Waals surface area contributed by atoms with Crippen LogP contribution in [0.15, 0.2) is 18.2 Å². The van der Waals surface area contributed by atoms with E-state index in [9.17, 15) is 19.7 Å². The van der Waals surface area contributed by atoms with Gasteiger partial charge in [-0.15, -0.1) is 0 Å². The van der Waals surface area contributed by atoms with Crippen LogP contribution in [0, 0.1) is 16.0 Å². The zero-order valence-electron chi connectivity index (χ0n) is 12.0. The number of amides is 1. The summed E-state index contributed by atoms with van der Waals surface area (Å²) in [5, 5.41) is 11.1. The molecule has 0 heterocycles. The maximum absolute atomic E-state index is 11.4. The Kier molecular flexibility index (Phi) is 5.23. The molecule has 21 heavy (non-hydrogen) atoms. The maximum atomic E-state index is 11.4. The van der Waals surface area contributed by atoms with Crippen LogP contribution >= 0.6 is 0 Å². The number of anilines is 1. The van der Waals surface area contributed by atoms with E-state index in [2.05, 4.69) is 4.74 Å². The van der Waals surface area contributed by atoms with Crippen LogP contribution in [0.3, 0.4) is 0 Å². The third-order valence-electron chi connectivity index (χ3n) is 3.02. The first kappa shape index (κ1) is 16.4. The van der Waals surface area contributed by atoms with Gasteiger partial charge in [-0.25, -0.2) is 0 Å². The van der Waals surface area contributed by atoms with Gasteiger partial charge in [0.15, 0.2) is 0 Å². The zero-order valence-corrected chi connectivity index (χ0v) is 12.0. The highest BCUT2D eigenvalue weighted by Gasteiger charge is 2.22. The molecule has 1 atom stereocenters. The molecule has 0 saturated heterocycles. The number of hydrogen-bond acceptors (Lipinski definition) is 6. The molecule has 1 rings (SSSR count). The Bertz CT molecular complexity index is 573. The number of methoxy groups -OCH3 is 1. The normalized spacial score (nSPS) is 11.6. The standard InChI is InChI=1S/C13H17N3O5/c1-8(13(18)21-3)7-15(2)11-6-9(12(14)17)4-5-10(11)16(19)20/h4-6,8H,7H2,1-3H3,(H2,14,17). The highest BCUT2D eigenvalue weighted by molar-refractivity contribution is 5.94. The minimum atomic E-state index is -0.680. The van der Waals surface area contributed by atoms with Crippen LogP contribution in [0.5, 0.6) is 0 Å². The maximum Gasteiger partial charge on any atom is 0.310 e. The minimum absolute atomic E-state index is 0.160. The zero-order chi connectivity index (χ0) is 16.2. The van der Waals surface area contributed by atoms with Gasteiger partial charge in [-0.05, 0) is 12.1 Å². The van der Waals surface area contributed by atoms with Gasteiger partial charge in [-0.1, -0.05) is 6.92 Å². The van der Waals surface area contributed by atoms with Crippen molar-refractivity contribution in [1.29, 1.82) is 0 Å². The van der Waals surface area contributed by atoms with Gasteiger partial charge < -0.3 is 15.4 Å². The highest BCUT2D eigenvalue weighted by Crippen LogP contribution is 2.29. The highest BCUT2D eigenvalue weighted by atomic mass is 16.6. The van der Waals surface area contributed by atoms with E-state index >= 15 is 0 Å². The van der Waals surface area contributed by atoms with E-state index in [0.29, 0.717) is 0 Å². The van der Waals surface area contributed by atoms with E-state index in [1.165, 1.54) is 30.2 Å². The number of benzene rings is 1. The molecule has 0 aliphatic heterocycles. The van der Waals surface area contributed by atoms with Crippen LogP contribution in [0.1, 0.15) is 17.3 Å². The van der Waals surface area contributed by atoms with Crippen molar-refractivity contribution in [2.45, 2.75) is 6.92 Å². The molecule has 2 N–H and O–H groups in total. The summed E-state index contributed by atoms with van der Waals surface area (Å²) in [6, 6.07) is 3.85. The van der Waals surface area contributed by atoms with Crippen molar-refractivity contribution in [2.75, 3.05) is 25.6 Å². The molecule has 0 spiro atoms. The first-order valence-electron chi connectivity index (χ1n) is 6.15. The van der Waals surface area contributed by atoms with Crippen LogP contribution < -0.4 is 10.6 Å². The molecule has 1 aromatic rings. The summed E-state index contributed by atoms with van der Waals surface area (Å²) in [7, 11) is 2.86. The second kappa shape index (κ2) is 6.69. The number of nitro groups is 1. The predicted octanol–water partition coefficient (Wildman–Crippen LogP) is 0.939. The fourth-order valence-electron chi connectivity index (χ4n) is 1.92. The molecule has 0 aromatic heterocycles. The monoisotopic (exact) mass is 295 g/mol. The predicted molar refractivity (Wildman–Crippen MR) is 76.1 cm³/mol. The Labute approximate surface area is 121 Å². The van der Waals surface area contributed by atoms with Gasteiger partial charge in [0.05, 0.1) is 18.0 Å². The van der Waals surface area contributed by atoms with E-state index in [0.717, 1.165) is 0 Å². The van der Waals surface area contributed by atoms with Gasteiger partial charge in [-0.3, -0.25) is 19.7 Å². The van der Waals surface area contributed by atoms with Crippen molar-refractivity contribution in [2.24, 2.45) is 11.7 Å². The Morgan fingerprint density at radius 3 is 2.57 bits per heavy atom. The summed E-state index contributed by atoms with van der Waals surface area (Å²) >= 11 is 0. The lowest BCUT2D eigenvalue weighted by atomic mass is 10.1. The molecule has 1 unspecified atom stereocenters. The van der Waals surface area contributed by atoms with Crippen LogP contribution in [-0.2, 0) is 9.53 Å². The third-order valence-corrected chi connectivity index (χ3v) is 3.02. The van der Waals surface area contributed by atoms with Gasteiger partial charge in [0.2, 0.25) is 5.91 Å². The molecule has 0 fully saturated rings. The SMILES string of the molecule is COC(=O)C(C)CN(C)c1cc(C(N)=O)ccc1[N+](=O)[O-]. The van der Waals surface area contributed by atoms with Crippen molar-refractivity contribution in [3.8, 4) is 0 Å². The molecule has 0 saturated carbocycles. The van der Waals surface area contributed by atoms with Crippen LogP contribution in [0.4, 0.5) is 11.4 Å². The van der Waals surface area contributed by atoms with Crippen LogP contribution in [-0.4, -0.2) is 37.5 Å².